The Morgan fingerprint density at radius 1 is 1.08 bits per heavy atom. The molecule has 0 fully saturated rings. The van der Waals surface area contributed by atoms with Crippen molar-refractivity contribution in [3.8, 4) is 5.75 Å². The van der Waals surface area contributed by atoms with E-state index in [4.69, 9.17) is 4.74 Å². The molecule has 25 heavy (non-hydrogen) atoms. The molecule has 0 saturated carbocycles. The second-order valence-electron chi connectivity index (χ2n) is 5.66. The van der Waals surface area contributed by atoms with Crippen molar-refractivity contribution in [1.82, 2.24) is 0 Å². The standard InChI is InChI=1S/C19H15F2NO3/c1-11-7-12(2)9-14(8-11)17-22-16(18(23)25-17)10-13-3-5-15(6-4-13)24-19(20)21/h3-10,19H,1-2H3/b16-10-. The Morgan fingerprint density at radius 2 is 1.72 bits per heavy atom. The zero-order chi connectivity index (χ0) is 18.0. The zero-order valence-electron chi connectivity index (χ0n) is 13.6. The van der Waals surface area contributed by atoms with Gasteiger partial charge in [0.1, 0.15) is 5.75 Å². The number of carbonyl (C=O) groups is 1. The van der Waals surface area contributed by atoms with Crippen molar-refractivity contribution in [1.29, 1.82) is 0 Å². The second-order valence-corrected chi connectivity index (χ2v) is 5.66. The fourth-order valence-corrected chi connectivity index (χ4v) is 2.53. The molecule has 128 valence electrons. The number of rotatable bonds is 4. The van der Waals surface area contributed by atoms with Gasteiger partial charge >= 0.3 is 12.6 Å². The van der Waals surface area contributed by atoms with E-state index >= 15 is 0 Å². The summed E-state index contributed by atoms with van der Waals surface area (Å²) in [6.45, 7) is 1.03. The number of nitrogens with zero attached hydrogens (tertiary/aromatic N) is 1. The number of hydrogen-bond donors (Lipinski definition) is 0. The summed E-state index contributed by atoms with van der Waals surface area (Å²) in [5.41, 5.74) is 3.59. The highest BCUT2D eigenvalue weighted by Crippen LogP contribution is 2.22. The van der Waals surface area contributed by atoms with Crippen molar-refractivity contribution in [2.75, 3.05) is 0 Å². The van der Waals surface area contributed by atoms with Crippen molar-refractivity contribution < 1.29 is 23.0 Å². The molecule has 1 aliphatic heterocycles. The maximum Gasteiger partial charge on any atom is 0.387 e. The number of esters is 1. The molecule has 0 unspecified atom stereocenters. The summed E-state index contributed by atoms with van der Waals surface area (Å²) in [7, 11) is 0. The lowest BCUT2D eigenvalue weighted by molar-refractivity contribution is -0.129. The maximum absolute atomic E-state index is 12.1. The van der Waals surface area contributed by atoms with Gasteiger partial charge in [-0.2, -0.15) is 8.78 Å². The van der Waals surface area contributed by atoms with Crippen molar-refractivity contribution >= 4 is 17.9 Å². The van der Waals surface area contributed by atoms with E-state index in [1.165, 1.54) is 18.2 Å². The molecule has 4 nitrogen and oxygen atoms in total. The molecular formula is C19H15F2NO3. The second kappa shape index (κ2) is 6.84. The SMILES string of the molecule is Cc1cc(C)cc(C2=N/C(=C\c3ccc(OC(F)F)cc3)C(=O)O2)c1. The predicted octanol–water partition coefficient (Wildman–Crippen LogP) is 4.25. The van der Waals surface area contributed by atoms with Gasteiger partial charge < -0.3 is 9.47 Å². The summed E-state index contributed by atoms with van der Waals surface area (Å²) in [6.07, 6.45) is 1.53. The van der Waals surface area contributed by atoms with Crippen LogP contribution in [0.1, 0.15) is 22.3 Å². The molecule has 0 radical (unpaired) electrons. The minimum absolute atomic E-state index is 0.0468. The molecule has 2 aromatic rings. The largest absolute Gasteiger partial charge is 0.435 e. The van der Waals surface area contributed by atoms with Gasteiger partial charge in [-0.15, -0.1) is 0 Å². The number of aliphatic imine (C=N–C) groups is 1. The van der Waals surface area contributed by atoms with Gasteiger partial charge in [-0.05, 0) is 49.8 Å². The van der Waals surface area contributed by atoms with Gasteiger partial charge in [-0.3, -0.25) is 0 Å². The van der Waals surface area contributed by atoms with Gasteiger partial charge in [0.25, 0.3) is 0 Å². The van der Waals surface area contributed by atoms with Crippen LogP contribution in [0.25, 0.3) is 6.08 Å². The average Bonchev–Trinajstić information content (AvgIpc) is 2.89. The number of benzene rings is 2. The van der Waals surface area contributed by atoms with E-state index in [1.54, 1.807) is 12.1 Å². The molecule has 0 atom stereocenters. The van der Waals surface area contributed by atoms with Crippen molar-refractivity contribution in [3.63, 3.8) is 0 Å². The van der Waals surface area contributed by atoms with Crippen LogP contribution in [0.4, 0.5) is 8.78 Å². The van der Waals surface area contributed by atoms with Crippen LogP contribution >= 0.6 is 0 Å². The lowest BCUT2D eigenvalue weighted by Gasteiger charge is -2.03. The normalized spacial score (nSPS) is 15.5. The first-order valence-corrected chi connectivity index (χ1v) is 7.57. The highest BCUT2D eigenvalue weighted by molar-refractivity contribution is 6.12. The fraction of sp³-hybridized carbons (Fsp3) is 0.158. The molecule has 1 heterocycles. The zero-order valence-corrected chi connectivity index (χ0v) is 13.6. The van der Waals surface area contributed by atoms with Crippen LogP contribution in [0.5, 0.6) is 5.75 Å². The third-order valence-electron chi connectivity index (χ3n) is 3.50. The van der Waals surface area contributed by atoms with Gasteiger partial charge in [-0.25, -0.2) is 9.79 Å². The Hall–Kier alpha value is -3.02. The lowest BCUT2D eigenvalue weighted by atomic mass is 10.1. The number of aryl methyl sites for hydroxylation is 2. The fourth-order valence-electron chi connectivity index (χ4n) is 2.53. The van der Waals surface area contributed by atoms with Crippen LogP contribution < -0.4 is 4.74 Å². The highest BCUT2D eigenvalue weighted by Gasteiger charge is 2.24. The average molecular weight is 343 g/mol. The molecular weight excluding hydrogens is 328 g/mol. The van der Waals surface area contributed by atoms with E-state index in [0.29, 0.717) is 5.56 Å². The van der Waals surface area contributed by atoms with E-state index in [9.17, 15) is 13.6 Å². The van der Waals surface area contributed by atoms with Crippen molar-refractivity contribution in [2.24, 2.45) is 4.99 Å². The number of hydrogen-bond acceptors (Lipinski definition) is 4. The lowest BCUT2D eigenvalue weighted by Crippen LogP contribution is -2.06. The first kappa shape index (κ1) is 16.8. The smallest absolute Gasteiger partial charge is 0.387 e. The van der Waals surface area contributed by atoms with Gasteiger partial charge in [0.15, 0.2) is 5.70 Å². The quantitative estimate of drug-likeness (QED) is 0.616. The Morgan fingerprint density at radius 3 is 2.32 bits per heavy atom. The molecule has 6 heteroatoms. The van der Waals surface area contributed by atoms with E-state index in [0.717, 1.165) is 16.7 Å². The van der Waals surface area contributed by atoms with Crippen LogP contribution in [0.3, 0.4) is 0 Å². The van der Waals surface area contributed by atoms with E-state index in [2.05, 4.69) is 9.73 Å². The van der Waals surface area contributed by atoms with E-state index < -0.39 is 12.6 Å². The van der Waals surface area contributed by atoms with E-state index in [1.807, 2.05) is 32.0 Å². The Kier molecular flexibility index (Phi) is 4.61. The number of ether oxygens (including phenoxy) is 2. The summed E-state index contributed by atoms with van der Waals surface area (Å²) in [5.74, 6) is -0.256. The summed E-state index contributed by atoms with van der Waals surface area (Å²) in [4.78, 5) is 16.3. The van der Waals surface area contributed by atoms with Crippen LogP contribution in [0.2, 0.25) is 0 Å². The minimum atomic E-state index is -2.88. The number of cyclic esters (lactones) is 1. The molecule has 0 aliphatic carbocycles. The summed E-state index contributed by atoms with van der Waals surface area (Å²) in [6, 6.07) is 11.7. The molecule has 2 aromatic carbocycles. The first-order chi connectivity index (χ1) is 11.9. The number of halogens is 2. The third kappa shape index (κ3) is 4.09. The molecule has 1 aliphatic rings. The summed E-state index contributed by atoms with van der Waals surface area (Å²) >= 11 is 0. The number of alkyl halides is 2. The molecule has 0 aromatic heterocycles. The highest BCUT2D eigenvalue weighted by atomic mass is 19.3. The van der Waals surface area contributed by atoms with Crippen LogP contribution in [0.15, 0.2) is 53.2 Å². The summed E-state index contributed by atoms with van der Waals surface area (Å²) < 4.78 is 33.8. The first-order valence-electron chi connectivity index (χ1n) is 7.57. The van der Waals surface area contributed by atoms with Gasteiger partial charge in [-0.1, -0.05) is 29.3 Å². The summed E-state index contributed by atoms with van der Waals surface area (Å²) in [5, 5.41) is 0. The van der Waals surface area contributed by atoms with Gasteiger partial charge in [0.2, 0.25) is 5.90 Å². The minimum Gasteiger partial charge on any atom is -0.435 e. The topological polar surface area (TPSA) is 47.9 Å². The van der Waals surface area contributed by atoms with Crippen LogP contribution in [-0.2, 0) is 9.53 Å². The Bertz CT molecular complexity index is 850. The molecule has 0 N–H and O–H groups in total. The van der Waals surface area contributed by atoms with Crippen molar-refractivity contribution in [3.05, 3.63) is 70.4 Å². The number of carbonyl (C=O) groups excluding carboxylic acids is 1. The predicted molar refractivity (Wildman–Crippen MR) is 89.6 cm³/mol. The Labute approximate surface area is 143 Å². The Balaban J connectivity index is 1.85. The molecule has 3 rings (SSSR count). The molecule has 0 spiro atoms. The molecule has 0 amide bonds. The van der Waals surface area contributed by atoms with Crippen LogP contribution in [-0.4, -0.2) is 18.5 Å². The molecule has 0 bridgehead atoms. The maximum atomic E-state index is 12.1. The van der Waals surface area contributed by atoms with Crippen molar-refractivity contribution in [2.45, 2.75) is 20.5 Å². The van der Waals surface area contributed by atoms with Crippen LogP contribution in [0, 0.1) is 13.8 Å². The van der Waals surface area contributed by atoms with Gasteiger partial charge in [0.05, 0.1) is 0 Å². The third-order valence-corrected chi connectivity index (χ3v) is 3.50. The van der Waals surface area contributed by atoms with Gasteiger partial charge in [0, 0.05) is 5.56 Å². The van der Waals surface area contributed by atoms with E-state index in [-0.39, 0.29) is 17.3 Å². The monoisotopic (exact) mass is 343 g/mol. The molecule has 0 saturated heterocycles.